The Balaban J connectivity index is 1.44. The summed E-state index contributed by atoms with van der Waals surface area (Å²) in [4.78, 5) is 30.0. The topological polar surface area (TPSA) is 105 Å². The van der Waals surface area contributed by atoms with E-state index in [1.807, 2.05) is 39.0 Å². The second-order valence-electron chi connectivity index (χ2n) is 7.16. The number of benzene rings is 1. The third-order valence-electron chi connectivity index (χ3n) is 4.64. The molecular formula is C20H23N7OS. The second kappa shape index (κ2) is 8.30. The molecule has 1 fully saturated rings. The van der Waals surface area contributed by atoms with Gasteiger partial charge in [0.2, 0.25) is 11.9 Å². The molecule has 29 heavy (non-hydrogen) atoms. The molecule has 1 aliphatic rings. The van der Waals surface area contributed by atoms with Crippen molar-refractivity contribution in [2.45, 2.75) is 44.7 Å². The highest BCUT2D eigenvalue weighted by Gasteiger charge is 2.26. The van der Waals surface area contributed by atoms with E-state index < -0.39 is 6.29 Å². The van der Waals surface area contributed by atoms with Crippen LogP contribution in [0.1, 0.15) is 23.4 Å². The Labute approximate surface area is 173 Å². The first-order chi connectivity index (χ1) is 14.0. The van der Waals surface area contributed by atoms with Gasteiger partial charge in [-0.3, -0.25) is 10.1 Å². The first kappa shape index (κ1) is 19.5. The molecule has 1 saturated heterocycles. The molecule has 0 radical (unpaired) electrons. The summed E-state index contributed by atoms with van der Waals surface area (Å²) in [6, 6.07) is 7.96. The molecular weight excluding hydrogens is 386 g/mol. The van der Waals surface area contributed by atoms with Crippen molar-refractivity contribution in [3.05, 3.63) is 47.4 Å². The number of hydrogen-bond acceptors (Lipinski definition) is 8. The monoisotopic (exact) mass is 409 g/mol. The molecule has 0 bridgehead atoms. The molecule has 2 unspecified atom stereocenters. The number of nitrogens with one attached hydrogen (secondary N) is 3. The Morgan fingerprint density at radius 3 is 2.86 bits per heavy atom. The molecule has 3 heterocycles. The lowest BCUT2D eigenvalue weighted by atomic mass is 10.1. The molecule has 0 spiro atoms. The SMILES string of the molecule is Cc1ccc2c(C)nc(NC3NC(=O)CC(CSc4nccc(C)n4)N3)nc2c1. The van der Waals surface area contributed by atoms with Crippen LogP contribution in [0.4, 0.5) is 5.95 Å². The third-order valence-corrected chi connectivity index (χ3v) is 5.67. The summed E-state index contributed by atoms with van der Waals surface area (Å²) in [6.07, 6.45) is 1.70. The standard InChI is InChI=1S/C20H23N7OS/c1-11-4-5-15-13(3)23-18(25-16(15)8-11)27-19-24-14(9-17(28)26-19)10-29-20-21-7-6-12(2)22-20/h4-8,14,19,24H,9-10H2,1-3H3,(H,26,28)(H,23,25,27). The zero-order valence-electron chi connectivity index (χ0n) is 16.6. The summed E-state index contributed by atoms with van der Waals surface area (Å²) in [5, 5.41) is 11.2. The van der Waals surface area contributed by atoms with Crippen LogP contribution in [0, 0.1) is 20.8 Å². The summed E-state index contributed by atoms with van der Waals surface area (Å²) in [7, 11) is 0. The Kier molecular flexibility index (Phi) is 5.59. The zero-order chi connectivity index (χ0) is 20.4. The quantitative estimate of drug-likeness (QED) is 0.436. The van der Waals surface area contributed by atoms with Crippen LogP contribution in [0.2, 0.25) is 0 Å². The number of fused-ring (bicyclic) bond motifs is 1. The second-order valence-corrected chi connectivity index (χ2v) is 8.14. The number of amides is 1. The summed E-state index contributed by atoms with van der Waals surface area (Å²) < 4.78 is 0. The van der Waals surface area contributed by atoms with Gasteiger partial charge in [-0.05, 0) is 38.5 Å². The average Bonchev–Trinajstić information content (AvgIpc) is 2.66. The highest BCUT2D eigenvalue weighted by atomic mass is 32.2. The third kappa shape index (κ3) is 4.80. The van der Waals surface area contributed by atoms with Crippen molar-refractivity contribution in [2.75, 3.05) is 11.1 Å². The van der Waals surface area contributed by atoms with Gasteiger partial charge in [0.15, 0.2) is 11.4 Å². The van der Waals surface area contributed by atoms with Gasteiger partial charge in [-0.2, -0.15) is 0 Å². The fraction of sp³-hybridized carbons (Fsp3) is 0.350. The summed E-state index contributed by atoms with van der Waals surface area (Å²) in [5.41, 5.74) is 3.84. The van der Waals surface area contributed by atoms with E-state index in [2.05, 4.69) is 42.0 Å². The van der Waals surface area contributed by atoms with Crippen molar-refractivity contribution >= 4 is 34.5 Å². The van der Waals surface area contributed by atoms with Crippen molar-refractivity contribution < 1.29 is 4.79 Å². The number of nitrogens with zero attached hydrogens (tertiary/aromatic N) is 4. The Hall–Kier alpha value is -2.78. The molecule has 1 aromatic carbocycles. The minimum Gasteiger partial charge on any atom is -0.323 e. The Morgan fingerprint density at radius 2 is 2.03 bits per heavy atom. The van der Waals surface area contributed by atoms with E-state index in [9.17, 15) is 4.79 Å². The smallest absolute Gasteiger partial charge is 0.226 e. The molecule has 2 atom stereocenters. The number of aryl methyl sites for hydroxylation is 3. The van der Waals surface area contributed by atoms with Gasteiger partial charge in [-0.1, -0.05) is 23.9 Å². The van der Waals surface area contributed by atoms with E-state index in [1.165, 1.54) is 11.8 Å². The number of anilines is 1. The zero-order valence-corrected chi connectivity index (χ0v) is 17.4. The molecule has 0 aliphatic carbocycles. The highest BCUT2D eigenvalue weighted by molar-refractivity contribution is 7.99. The maximum atomic E-state index is 12.2. The fourth-order valence-corrected chi connectivity index (χ4v) is 4.14. The number of thioether (sulfide) groups is 1. The van der Waals surface area contributed by atoms with Gasteiger partial charge in [0.25, 0.3) is 0 Å². The molecule has 2 aromatic heterocycles. The predicted octanol–water partition coefficient (Wildman–Crippen LogP) is 2.31. The molecule has 3 N–H and O–H groups in total. The van der Waals surface area contributed by atoms with Gasteiger partial charge >= 0.3 is 0 Å². The van der Waals surface area contributed by atoms with E-state index in [-0.39, 0.29) is 11.9 Å². The molecule has 9 heteroatoms. The predicted molar refractivity (Wildman–Crippen MR) is 114 cm³/mol. The van der Waals surface area contributed by atoms with E-state index in [0.717, 1.165) is 27.9 Å². The van der Waals surface area contributed by atoms with Crippen LogP contribution in [0.25, 0.3) is 10.9 Å². The van der Waals surface area contributed by atoms with Gasteiger partial charge in [-0.15, -0.1) is 0 Å². The molecule has 1 aliphatic heterocycles. The minimum atomic E-state index is -0.443. The van der Waals surface area contributed by atoms with Gasteiger partial charge < -0.3 is 10.6 Å². The van der Waals surface area contributed by atoms with Crippen LogP contribution in [-0.4, -0.2) is 43.9 Å². The number of hydrogen-bond donors (Lipinski definition) is 3. The van der Waals surface area contributed by atoms with Gasteiger partial charge in [0.1, 0.15) is 0 Å². The number of carbonyl (C=O) groups excluding carboxylic acids is 1. The lowest BCUT2D eigenvalue weighted by molar-refractivity contribution is -0.123. The van der Waals surface area contributed by atoms with Crippen LogP contribution in [0.15, 0.2) is 35.6 Å². The Morgan fingerprint density at radius 1 is 1.17 bits per heavy atom. The van der Waals surface area contributed by atoms with Crippen LogP contribution in [0.5, 0.6) is 0 Å². The van der Waals surface area contributed by atoms with Crippen LogP contribution >= 0.6 is 11.8 Å². The largest absolute Gasteiger partial charge is 0.323 e. The number of aromatic nitrogens is 4. The van der Waals surface area contributed by atoms with Gasteiger partial charge in [-0.25, -0.2) is 19.9 Å². The molecule has 8 nitrogen and oxygen atoms in total. The highest BCUT2D eigenvalue weighted by Crippen LogP contribution is 2.20. The fourth-order valence-electron chi connectivity index (χ4n) is 3.23. The van der Waals surface area contributed by atoms with Crippen molar-refractivity contribution in [3.8, 4) is 0 Å². The lowest BCUT2D eigenvalue weighted by Crippen LogP contribution is -2.60. The maximum absolute atomic E-state index is 12.2. The Bertz CT molecular complexity index is 1060. The number of rotatable bonds is 5. The minimum absolute atomic E-state index is 0.0147. The number of carbonyl (C=O) groups is 1. The molecule has 0 saturated carbocycles. The average molecular weight is 410 g/mol. The van der Waals surface area contributed by atoms with Crippen LogP contribution < -0.4 is 16.0 Å². The van der Waals surface area contributed by atoms with Crippen molar-refractivity contribution in [2.24, 2.45) is 0 Å². The summed E-state index contributed by atoms with van der Waals surface area (Å²) in [6.45, 7) is 5.93. The van der Waals surface area contributed by atoms with Crippen LogP contribution in [-0.2, 0) is 4.79 Å². The lowest BCUT2D eigenvalue weighted by Gasteiger charge is -2.31. The van der Waals surface area contributed by atoms with Crippen molar-refractivity contribution in [1.29, 1.82) is 0 Å². The van der Waals surface area contributed by atoms with Gasteiger partial charge in [0.05, 0.1) is 11.2 Å². The molecule has 150 valence electrons. The maximum Gasteiger partial charge on any atom is 0.226 e. The normalized spacial score (nSPS) is 19.2. The van der Waals surface area contributed by atoms with E-state index in [0.29, 0.717) is 23.3 Å². The molecule has 1 amide bonds. The van der Waals surface area contributed by atoms with Crippen LogP contribution in [0.3, 0.4) is 0 Å². The van der Waals surface area contributed by atoms with Crippen molar-refractivity contribution in [3.63, 3.8) is 0 Å². The van der Waals surface area contributed by atoms with Gasteiger partial charge in [0, 0.05) is 35.5 Å². The van der Waals surface area contributed by atoms with E-state index in [4.69, 9.17) is 0 Å². The van der Waals surface area contributed by atoms with E-state index >= 15 is 0 Å². The summed E-state index contributed by atoms with van der Waals surface area (Å²) in [5.74, 6) is 1.14. The molecule has 4 rings (SSSR count). The first-order valence-electron chi connectivity index (χ1n) is 9.46. The van der Waals surface area contributed by atoms with Crippen molar-refractivity contribution in [1.82, 2.24) is 30.6 Å². The molecule has 3 aromatic rings. The first-order valence-corrected chi connectivity index (χ1v) is 10.4. The van der Waals surface area contributed by atoms with E-state index in [1.54, 1.807) is 6.20 Å². The summed E-state index contributed by atoms with van der Waals surface area (Å²) >= 11 is 1.53.